The molecule has 0 aromatic heterocycles. The minimum atomic E-state index is 0.492. The van der Waals surface area contributed by atoms with E-state index in [-0.39, 0.29) is 0 Å². The maximum Gasteiger partial charge on any atom is 0.139 e. The highest BCUT2D eigenvalue weighted by Gasteiger charge is 2.11. The van der Waals surface area contributed by atoms with E-state index in [1.165, 1.54) is 0 Å². The van der Waals surface area contributed by atoms with Crippen LogP contribution in [-0.4, -0.2) is 0 Å². The number of para-hydroxylation sites is 1. The Balaban J connectivity index is 1.42. The number of halogens is 3. The highest BCUT2D eigenvalue weighted by Crippen LogP contribution is 2.34. The summed E-state index contributed by atoms with van der Waals surface area (Å²) >= 11 is 10.7. The van der Waals surface area contributed by atoms with Crippen LogP contribution in [0.15, 0.2) is 104 Å². The number of benzene rings is 4. The Morgan fingerprint density at radius 1 is 0.688 bits per heavy atom. The second kappa shape index (κ2) is 11.0. The van der Waals surface area contributed by atoms with Crippen molar-refractivity contribution in [1.29, 1.82) is 0 Å². The van der Waals surface area contributed by atoms with Gasteiger partial charge in [-0.05, 0) is 82.2 Å². The van der Waals surface area contributed by atoms with Gasteiger partial charge in [0, 0.05) is 26.7 Å². The van der Waals surface area contributed by atoms with E-state index >= 15 is 0 Å². The van der Waals surface area contributed by atoms with E-state index in [1.54, 1.807) is 0 Å². The summed E-state index contributed by atoms with van der Waals surface area (Å²) in [6.45, 7) is 1.11. The third-order valence-corrected chi connectivity index (χ3v) is 6.27. The molecule has 0 saturated carbocycles. The van der Waals surface area contributed by atoms with Gasteiger partial charge in [0.15, 0.2) is 0 Å². The molecule has 0 aliphatic rings. The van der Waals surface area contributed by atoms with Gasteiger partial charge in [-0.25, -0.2) is 0 Å². The van der Waals surface area contributed by atoms with E-state index < -0.39 is 0 Å². The molecule has 4 aromatic rings. The van der Waals surface area contributed by atoms with Gasteiger partial charge in [0.1, 0.15) is 23.9 Å². The molecule has 0 aliphatic heterocycles. The molecule has 1 N–H and O–H groups in total. The van der Waals surface area contributed by atoms with E-state index in [4.69, 9.17) is 9.47 Å². The van der Waals surface area contributed by atoms with Crippen molar-refractivity contribution in [2.45, 2.75) is 13.2 Å². The average molecular weight is 618 g/mol. The van der Waals surface area contributed by atoms with Crippen LogP contribution in [0.5, 0.6) is 17.2 Å². The van der Waals surface area contributed by atoms with Gasteiger partial charge >= 0.3 is 0 Å². The summed E-state index contributed by atoms with van der Waals surface area (Å²) in [5.41, 5.74) is 3.16. The van der Waals surface area contributed by atoms with E-state index in [1.807, 2.05) is 84.9 Å². The SMILES string of the molecule is Brc1ccc(COc2c(Br)cc(Br)cc2CNc2ccc(Oc3ccccc3)cc2)cc1. The van der Waals surface area contributed by atoms with Crippen LogP contribution in [0.25, 0.3) is 0 Å². The quantitative estimate of drug-likeness (QED) is 0.214. The van der Waals surface area contributed by atoms with Crippen LogP contribution in [0.3, 0.4) is 0 Å². The summed E-state index contributed by atoms with van der Waals surface area (Å²) in [5.74, 6) is 2.44. The van der Waals surface area contributed by atoms with Crippen LogP contribution >= 0.6 is 47.8 Å². The van der Waals surface area contributed by atoms with Crippen molar-refractivity contribution in [3.05, 3.63) is 116 Å². The van der Waals surface area contributed by atoms with Gasteiger partial charge in [0.25, 0.3) is 0 Å². The van der Waals surface area contributed by atoms with Crippen molar-refractivity contribution in [3.8, 4) is 17.2 Å². The molecule has 0 spiro atoms. The number of anilines is 1. The van der Waals surface area contributed by atoms with Crippen molar-refractivity contribution >= 4 is 53.5 Å². The van der Waals surface area contributed by atoms with E-state index in [9.17, 15) is 0 Å². The third-order valence-electron chi connectivity index (χ3n) is 4.70. The summed E-state index contributed by atoms with van der Waals surface area (Å²) in [4.78, 5) is 0. The van der Waals surface area contributed by atoms with E-state index in [0.717, 1.165) is 47.5 Å². The Kier molecular flexibility index (Phi) is 7.90. The van der Waals surface area contributed by atoms with Gasteiger partial charge in [-0.15, -0.1) is 0 Å². The van der Waals surface area contributed by atoms with Gasteiger partial charge in [-0.3, -0.25) is 0 Å². The molecule has 6 heteroatoms. The summed E-state index contributed by atoms with van der Waals surface area (Å²) < 4.78 is 15.0. The molecular weight excluding hydrogens is 598 g/mol. The summed E-state index contributed by atoms with van der Waals surface area (Å²) in [6, 6.07) is 29.9. The number of nitrogens with one attached hydrogen (secondary N) is 1. The smallest absolute Gasteiger partial charge is 0.139 e. The molecule has 162 valence electrons. The molecule has 0 radical (unpaired) electrons. The molecule has 0 amide bonds. The summed E-state index contributed by atoms with van der Waals surface area (Å²) in [5, 5.41) is 3.47. The highest BCUT2D eigenvalue weighted by molar-refractivity contribution is 9.11. The molecule has 0 unspecified atom stereocenters. The fraction of sp³-hybridized carbons (Fsp3) is 0.0769. The van der Waals surface area contributed by atoms with E-state index in [2.05, 4.69) is 59.2 Å². The van der Waals surface area contributed by atoms with Crippen molar-refractivity contribution < 1.29 is 9.47 Å². The Morgan fingerprint density at radius 2 is 1.38 bits per heavy atom. The van der Waals surface area contributed by atoms with Crippen LogP contribution in [0.1, 0.15) is 11.1 Å². The second-order valence-corrected chi connectivity index (χ2v) is 9.77. The van der Waals surface area contributed by atoms with E-state index in [0.29, 0.717) is 13.2 Å². The lowest BCUT2D eigenvalue weighted by Gasteiger charge is -2.16. The third kappa shape index (κ3) is 6.37. The lowest BCUT2D eigenvalue weighted by atomic mass is 10.2. The predicted molar refractivity (Wildman–Crippen MR) is 141 cm³/mol. The van der Waals surface area contributed by atoms with Gasteiger partial charge in [-0.1, -0.05) is 62.2 Å². The normalized spacial score (nSPS) is 10.6. The van der Waals surface area contributed by atoms with Crippen LogP contribution in [0.2, 0.25) is 0 Å². The average Bonchev–Trinajstić information content (AvgIpc) is 2.80. The minimum Gasteiger partial charge on any atom is -0.487 e. The largest absolute Gasteiger partial charge is 0.487 e. The van der Waals surface area contributed by atoms with Crippen LogP contribution in [-0.2, 0) is 13.2 Å². The molecule has 0 heterocycles. The maximum absolute atomic E-state index is 6.18. The Morgan fingerprint density at radius 3 is 2.09 bits per heavy atom. The molecule has 0 bridgehead atoms. The molecule has 4 rings (SSSR count). The van der Waals surface area contributed by atoms with Gasteiger partial charge in [0.05, 0.1) is 4.47 Å². The predicted octanol–water partition coefficient (Wildman–Crippen LogP) is 8.96. The highest BCUT2D eigenvalue weighted by atomic mass is 79.9. The first-order chi connectivity index (χ1) is 15.6. The number of hydrogen-bond donors (Lipinski definition) is 1. The van der Waals surface area contributed by atoms with Crippen molar-refractivity contribution in [3.63, 3.8) is 0 Å². The fourth-order valence-electron chi connectivity index (χ4n) is 3.11. The van der Waals surface area contributed by atoms with Crippen LogP contribution < -0.4 is 14.8 Å². The fourth-order valence-corrected chi connectivity index (χ4v) is 4.80. The van der Waals surface area contributed by atoms with Gasteiger partial charge in [-0.2, -0.15) is 0 Å². The number of ether oxygens (including phenoxy) is 2. The van der Waals surface area contributed by atoms with Crippen molar-refractivity contribution in [2.24, 2.45) is 0 Å². The molecule has 0 saturated heterocycles. The Labute approximate surface area is 213 Å². The molecule has 32 heavy (non-hydrogen) atoms. The zero-order valence-electron chi connectivity index (χ0n) is 17.0. The Hall–Kier alpha value is -2.28. The lowest BCUT2D eigenvalue weighted by molar-refractivity contribution is 0.301. The maximum atomic E-state index is 6.18. The molecule has 4 aromatic carbocycles. The molecular formula is C26H20Br3NO2. The standard InChI is InChI=1S/C26H20Br3NO2/c27-20-8-6-18(7-9-20)17-31-26-19(14-21(28)15-25(26)29)16-30-22-10-12-24(13-11-22)32-23-4-2-1-3-5-23/h1-15,30H,16-17H2. The van der Waals surface area contributed by atoms with Gasteiger partial charge < -0.3 is 14.8 Å². The second-order valence-electron chi connectivity index (χ2n) is 7.08. The topological polar surface area (TPSA) is 30.5 Å². The number of hydrogen-bond acceptors (Lipinski definition) is 3. The first-order valence-corrected chi connectivity index (χ1v) is 12.4. The lowest BCUT2D eigenvalue weighted by Crippen LogP contribution is -2.04. The van der Waals surface area contributed by atoms with Crippen LogP contribution in [0, 0.1) is 0 Å². The molecule has 0 fully saturated rings. The zero-order valence-corrected chi connectivity index (χ0v) is 21.8. The Bertz CT molecular complexity index is 1160. The number of rotatable bonds is 8. The molecule has 3 nitrogen and oxygen atoms in total. The van der Waals surface area contributed by atoms with Crippen LogP contribution in [0.4, 0.5) is 5.69 Å². The van der Waals surface area contributed by atoms with Crippen molar-refractivity contribution in [2.75, 3.05) is 5.32 Å². The molecule has 0 atom stereocenters. The first kappa shape index (κ1) is 22.9. The minimum absolute atomic E-state index is 0.492. The molecule has 0 aliphatic carbocycles. The summed E-state index contributed by atoms with van der Waals surface area (Å²) in [6.07, 6.45) is 0. The zero-order chi connectivity index (χ0) is 22.3. The first-order valence-electron chi connectivity index (χ1n) is 9.99. The van der Waals surface area contributed by atoms with Crippen molar-refractivity contribution in [1.82, 2.24) is 0 Å². The monoisotopic (exact) mass is 615 g/mol. The summed E-state index contributed by atoms with van der Waals surface area (Å²) in [7, 11) is 0. The van der Waals surface area contributed by atoms with Gasteiger partial charge in [0.2, 0.25) is 0 Å².